The van der Waals surface area contributed by atoms with Crippen molar-refractivity contribution < 1.29 is 0 Å². The molecule has 0 aromatic carbocycles. The maximum atomic E-state index is 5.67. The van der Waals surface area contributed by atoms with E-state index in [-0.39, 0.29) is 5.95 Å². The highest BCUT2D eigenvalue weighted by Gasteiger charge is 2.19. The first kappa shape index (κ1) is 12.8. The first-order valence-corrected chi connectivity index (χ1v) is 6.16. The molecule has 1 fully saturated rings. The van der Waals surface area contributed by atoms with E-state index in [0.717, 1.165) is 19.6 Å². The van der Waals surface area contributed by atoms with E-state index in [1.807, 2.05) is 19.0 Å². The largest absolute Gasteiger partial charge is 0.368 e. The number of nitrogens with two attached hydrogens (primary N) is 1. The van der Waals surface area contributed by atoms with Crippen LogP contribution in [-0.2, 0) is 0 Å². The van der Waals surface area contributed by atoms with E-state index in [0.29, 0.717) is 17.8 Å². The summed E-state index contributed by atoms with van der Waals surface area (Å²) in [5.41, 5.74) is 5.67. The van der Waals surface area contributed by atoms with Gasteiger partial charge in [-0.1, -0.05) is 0 Å². The van der Waals surface area contributed by atoms with Crippen LogP contribution >= 0.6 is 0 Å². The monoisotopic (exact) mass is 251 g/mol. The van der Waals surface area contributed by atoms with Gasteiger partial charge in [0.05, 0.1) is 0 Å². The fraction of sp³-hybridized carbons (Fsp3) is 0.727. The lowest BCUT2D eigenvalue weighted by molar-refractivity contribution is 0.399. The molecule has 0 amide bonds. The SMILES string of the molecule is CN1CCC(CNc2nc(N)nc(N(C)C)n2)C1. The molecular formula is C11H21N7. The average molecular weight is 251 g/mol. The lowest BCUT2D eigenvalue weighted by atomic mass is 10.1. The van der Waals surface area contributed by atoms with Crippen LogP contribution in [0.15, 0.2) is 0 Å². The summed E-state index contributed by atoms with van der Waals surface area (Å²) in [4.78, 5) is 16.6. The molecule has 1 aromatic heterocycles. The van der Waals surface area contributed by atoms with Crippen LogP contribution in [0.25, 0.3) is 0 Å². The van der Waals surface area contributed by atoms with Crippen molar-refractivity contribution in [2.45, 2.75) is 6.42 Å². The zero-order valence-electron chi connectivity index (χ0n) is 11.2. The van der Waals surface area contributed by atoms with Crippen LogP contribution in [-0.4, -0.2) is 60.6 Å². The molecule has 1 atom stereocenters. The van der Waals surface area contributed by atoms with Crippen molar-refractivity contribution in [3.05, 3.63) is 0 Å². The van der Waals surface area contributed by atoms with Crippen LogP contribution in [0.4, 0.5) is 17.8 Å². The van der Waals surface area contributed by atoms with Gasteiger partial charge in [0.25, 0.3) is 0 Å². The minimum absolute atomic E-state index is 0.250. The van der Waals surface area contributed by atoms with Gasteiger partial charge in [0.2, 0.25) is 17.8 Å². The van der Waals surface area contributed by atoms with Gasteiger partial charge in [0.15, 0.2) is 0 Å². The first-order chi connectivity index (χ1) is 8.54. The third kappa shape index (κ3) is 3.19. The number of anilines is 3. The Hall–Kier alpha value is -1.63. The predicted molar refractivity (Wildman–Crippen MR) is 72.7 cm³/mol. The van der Waals surface area contributed by atoms with Crippen LogP contribution < -0.4 is 16.0 Å². The molecule has 7 nitrogen and oxygen atoms in total. The summed E-state index contributed by atoms with van der Waals surface area (Å²) in [5.74, 6) is 2.03. The van der Waals surface area contributed by atoms with Gasteiger partial charge in [-0.2, -0.15) is 15.0 Å². The van der Waals surface area contributed by atoms with Gasteiger partial charge in [-0.25, -0.2) is 0 Å². The molecule has 1 aliphatic heterocycles. The predicted octanol–water partition coefficient (Wildman–Crippen LogP) is -0.117. The quantitative estimate of drug-likeness (QED) is 0.772. The number of hydrogen-bond acceptors (Lipinski definition) is 7. The Balaban J connectivity index is 1.96. The second-order valence-electron chi connectivity index (χ2n) is 5.01. The van der Waals surface area contributed by atoms with Gasteiger partial charge in [0, 0.05) is 27.2 Å². The standard InChI is InChI=1S/C11H21N7/c1-17(2)11-15-9(12)14-10(16-11)13-6-8-4-5-18(3)7-8/h8H,4-7H2,1-3H3,(H3,12,13,14,15,16). The summed E-state index contributed by atoms with van der Waals surface area (Å²) in [5, 5.41) is 3.25. The van der Waals surface area contributed by atoms with E-state index in [1.54, 1.807) is 0 Å². The molecule has 1 aliphatic rings. The molecule has 7 heteroatoms. The highest BCUT2D eigenvalue weighted by atomic mass is 15.3. The van der Waals surface area contributed by atoms with Crippen molar-refractivity contribution in [1.29, 1.82) is 0 Å². The molecule has 100 valence electrons. The van der Waals surface area contributed by atoms with E-state index >= 15 is 0 Å². The normalized spacial score (nSPS) is 20.1. The first-order valence-electron chi connectivity index (χ1n) is 6.16. The molecule has 0 spiro atoms. The summed E-state index contributed by atoms with van der Waals surface area (Å²) in [7, 11) is 5.90. The van der Waals surface area contributed by atoms with Crippen LogP contribution in [0, 0.1) is 5.92 Å². The Kier molecular flexibility index (Phi) is 3.81. The van der Waals surface area contributed by atoms with Crippen molar-refractivity contribution in [1.82, 2.24) is 19.9 Å². The minimum atomic E-state index is 0.250. The van der Waals surface area contributed by atoms with E-state index in [2.05, 4.69) is 32.2 Å². The van der Waals surface area contributed by atoms with Gasteiger partial charge >= 0.3 is 0 Å². The maximum Gasteiger partial charge on any atom is 0.231 e. The highest BCUT2D eigenvalue weighted by molar-refractivity contribution is 5.40. The summed E-state index contributed by atoms with van der Waals surface area (Å²) in [6.07, 6.45) is 1.21. The number of nitrogen functional groups attached to an aromatic ring is 1. The molecule has 1 unspecified atom stereocenters. The molecule has 18 heavy (non-hydrogen) atoms. The zero-order chi connectivity index (χ0) is 13.1. The smallest absolute Gasteiger partial charge is 0.231 e. The fourth-order valence-corrected chi connectivity index (χ4v) is 2.09. The lowest BCUT2D eigenvalue weighted by Crippen LogP contribution is -2.21. The summed E-state index contributed by atoms with van der Waals surface area (Å²) >= 11 is 0. The zero-order valence-corrected chi connectivity index (χ0v) is 11.2. The van der Waals surface area contributed by atoms with E-state index < -0.39 is 0 Å². The van der Waals surface area contributed by atoms with Crippen molar-refractivity contribution in [3.63, 3.8) is 0 Å². The van der Waals surface area contributed by atoms with Crippen LogP contribution in [0.2, 0.25) is 0 Å². The highest BCUT2D eigenvalue weighted by Crippen LogP contribution is 2.15. The third-order valence-electron chi connectivity index (χ3n) is 3.08. The number of nitrogens with one attached hydrogen (secondary N) is 1. The average Bonchev–Trinajstić information content (AvgIpc) is 2.72. The van der Waals surface area contributed by atoms with E-state index in [4.69, 9.17) is 5.73 Å². The van der Waals surface area contributed by atoms with Gasteiger partial charge in [-0.15, -0.1) is 0 Å². The molecule has 0 aliphatic carbocycles. The Morgan fingerprint density at radius 3 is 2.78 bits per heavy atom. The maximum absolute atomic E-state index is 5.67. The molecule has 2 heterocycles. The van der Waals surface area contributed by atoms with Gasteiger partial charge in [0.1, 0.15) is 0 Å². The summed E-state index contributed by atoms with van der Waals surface area (Å²) in [6.45, 7) is 3.16. The van der Waals surface area contributed by atoms with Crippen LogP contribution in [0.5, 0.6) is 0 Å². The van der Waals surface area contributed by atoms with Crippen molar-refractivity contribution in [2.24, 2.45) is 5.92 Å². The van der Waals surface area contributed by atoms with Gasteiger partial charge in [-0.3, -0.25) is 0 Å². The van der Waals surface area contributed by atoms with Crippen molar-refractivity contribution >= 4 is 17.8 Å². The van der Waals surface area contributed by atoms with Crippen molar-refractivity contribution in [2.75, 3.05) is 56.7 Å². The summed E-state index contributed by atoms with van der Waals surface area (Å²) in [6, 6.07) is 0. The minimum Gasteiger partial charge on any atom is -0.368 e. The van der Waals surface area contributed by atoms with E-state index in [9.17, 15) is 0 Å². The third-order valence-corrected chi connectivity index (χ3v) is 3.08. The topological polar surface area (TPSA) is 83.2 Å². The van der Waals surface area contributed by atoms with Gasteiger partial charge in [-0.05, 0) is 25.9 Å². The Labute approximate surface area is 107 Å². The number of aromatic nitrogens is 3. The number of nitrogens with zero attached hydrogens (tertiary/aromatic N) is 5. The Bertz CT molecular complexity index is 406. The number of likely N-dealkylation sites (tertiary alicyclic amines) is 1. The molecular weight excluding hydrogens is 230 g/mol. The van der Waals surface area contributed by atoms with Crippen LogP contribution in [0.3, 0.4) is 0 Å². The second-order valence-corrected chi connectivity index (χ2v) is 5.01. The number of hydrogen-bond donors (Lipinski definition) is 2. The molecule has 3 N–H and O–H groups in total. The molecule has 0 radical (unpaired) electrons. The van der Waals surface area contributed by atoms with Crippen molar-refractivity contribution in [3.8, 4) is 0 Å². The lowest BCUT2D eigenvalue weighted by Gasteiger charge is -2.14. The van der Waals surface area contributed by atoms with E-state index in [1.165, 1.54) is 6.42 Å². The second kappa shape index (κ2) is 5.34. The summed E-state index contributed by atoms with van der Waals surface area (Å²) < 4.78 is 0. The Morgan fingerprint density at radius 2 is 2.17 bits per heavy atom. The number of rotatable bonds is 4. The Morgan fingerprint density at radius 1 is 1.39 bits per heavy atom. The molecule has 1 aromatic rings. The van der Waals surface area contributed by atoms with Crippen LogP contribution in [0.1, 0.15) is 6.42 Å². The molecule has 0 bridgehead atoms. The molecule has 1 saturated heterocycles. The van der Waals surface area contributed by atoms with Gasteiger partial charge < -0.3 is 20.9 Å². The molecule has 2 rings (SSSR count). The molecule has 0 saturated carbocycles. The fourth-order valence-electron chi connectivity index (χ4n) is 2.09.